The van der Waals surface area contributed by atoms with Crippen molar-refractivity contribution in [3.8, 4) is 17.4 Å². The molecule has 0 unspecified atom stereocenters. The lowest BCUT2D eigenvalue weighted by Gasteiger charge is -2.19. The number of benzene rings is 1. The number of pyridine rings is 1. The van der Waals surface area contributed by atoms with E-state index in [1.54, 1.807) is 21.3 Å². The van der Waals surface area contributed by atoms with Gasteiger partial charge in [-0.05, 0) is 24.6 Å². The summed E-state index contributed by atoms with van der Waals surface area (Å²) in [5.74, 6) is 2.77. The maximum absolute atomic E-state index is 5.59. The highest BCUT2D eigenvalue weighted by Crippen LogP contribution is 2.39. The Morgan fingerprint density at radius 2 is 1.96 bits per heavy atom. The molecule has 1 aliphatic heterocycles. The smallest absolute Gasteiger partial charge is 0.212 e. The lowest BCUT2D eigenvalue weighted by molar-refractivity contribution is 0.322. The van der Waals surface area contributed by atoms with Gasteiger partial charge in [0.1, 0.15) is 0 Å². The first-order valence-electron chi connectivity index (χ1n) is 8.17. The van der Waals surface area contributed by atoms with Crippen LogP contribution >= 0.6 is 0 Å². The van der Waals surface area contributed by atoms with Gasteiger partial charge in [0.2, 0.25) is 5.88 Å². The van der Waals surface area contributed by atoms with Crippen molar-refractivity contribution in [3.05, 3.63) is 47.7 Å². The average Bonchev–Trinajstić information content (AvgIpc) is 3.09. The second kappa shape index (κ2) is 7.53. The molecule has 2 heterocycles. The monoisotopic (exact) mass is 328 g/mol. The Kier molecular flexibility index (Phi) is 5.20. The van der Waals surface area contributed by atoms with E-state index in [-0.39, 0.29) is 0 Å². The van der Waals surface area contributed by atoms with Gasteiger partial charge in [0.25, 0.3) is 0 Å². The van der Waals surface area contributed by atoms with Crippen LogP contribution in [0.5, 0.6) is 17.4 Å². The lowest BCUT2D eigenvalue weighted by atomic mass is 9.97. The van der Waals surface area contributed by atoms with Crippen molar-refractivity contribution in [1.29, 1.82) is 0 Å². The largest absolute Gasteiger partial charge is 0.493 e. The van der Waals surface area contributed by atoms with Crippen molar-refractivity contribution < 1.29 is 14.2 Å². The van der Waals surface area contributed by atoms with Crippen molar-refractivity contribution in [2.75, 3.05) is 34.4 Å². The number of para-hydroxylation sites is 1. The Hall–Kier alpha value is -2.27. The van der Waals surface area contributed by atoms with Crippen LogP contribution in [0.4, 0.5) is 0 Å². The van der Waals surface area contributed by atoms with Crippen molar-refractivity contribution in [1.82, 2.24) is 9.88 Å². The molecule has 1 aromatic heterocycles. The minimum absolute atomic E-state index is 0.459. The molecule has 2 aromatic rings. The summed E-state index contributed by atoms with van der Waals surface area (Å²) in [7, 11) is 5.02. The van der Waals surface area contributed by atoms with Gasteiger partial charge in [-0.1, -0.05) is 18.2 Å². The molecule has 0 bridgehead atoms. The van der Waals surface area contributed by atoms with E-state index in [4.69, 9.17) is 14.2 Å². The molecule has 128 valence electrons. The average molecular weight is 328 g/mol. The van der Waals surface area contributed by atoms with Gasteiger partial charge in [0.15, 0.2) is 11.5 Å². The standard InChI is InChI=1S/C19H24N2O3/c1-22-17-6-4-5-16(19(17)24-3)15-9-10-21(13-15)12-14-7-8-18(23-2)20-11-14/h4-8,11,15H,9-10,12-13H2,1-3H3/t15-/m0/s1. The number of hydrogen-bond acceptors (Lipinski definition) is 5. The summed E-state index contributed by atoms with van der Waals surface area (Å²) in [4.78, 5) is 6.73. The van der Waals surface area contributed by atoms with Crippen LogP contribution in [0.1, 0.15) is 23.5 Å². The van der Waals surface area contributed by atoms with Crippen molar-refractivity contribution in [3.63, 3.8) is 0 Å². The van der Waals surface area contributed by atoms with Crippen LogP contribution < -0.4 is 14.2 Å². The molecule has 1 saturated heterocycles. The molecule has 5 heteroatoms. The first-order chi connectivity index (χ1) is 11.7. The number of ether oxygens (including phenoxy) is 3. The Bertz CT molecular complexity index is 673. The van der Waals surface area contributed by atoms with Crippen molar-refractivity contribution in [2.45, 2.75) is 18.9 Å². The fourth-order valence-electron chi connectivity index (χ4n) is 3.35. The molecule has 1 fully saturated rings. The van der Waals surface area contributed by atoms with Crippen LogP contribution in [0.2, 0.25) is 0 Å². The highest BCUT2D eigenvalue weighted by molar-refractivity contribution is 5.48. The van der Waals surface area contributed by atoms with Crippen molar-refractivity contribution >= 4 is 0 Å². The summed E-state index contributed by atoms with van der Waals surface area (Å²) in [6, 6.07) is 10.1. The van der Waals surface area contributed by atoms with E-state index >= 15 is 0 Å². The minimum Gasteiger partial charge on any atom is -0.493 e. The molecule has 1 aliphatic rings. The summed E-state index contributed by atoms with van der Waals surface area (Å²) in [6.07, 6.45) is 3.01. The quantitative estimate of drug-likeness (QED) is 0.815. The number of aromatic nitrogens is 1. The second-order valence-corrected chi connectivity index (χ2v) is 6.01. The predicted molar refractivity (Wildman–Crippen MR) is 93.0 cm³/mol. The van der Waals surface area contributed by atoms with E-state index in [0.717, 1.165) is 37.6 Å². The summed E-state index contributed by atoms with van der Waals surface area (Å²) >= 11 is 0. The third-order valence-electron chi connectivity index (χ3n) is 4.56. The fourth-order valence-corrected chi connectivity index (χ4v) is 3.35. The normalized spacial score (nSPS) is 17.7. The van der Waals surface area contributed by atoms with Gasteiger partial charge < -0.3 is 14.2 Å². The van der Waals surface area contributed by atoms with Crippen molar-refractivity contribution in [2.24, 2.45) is 0 Å². The van der Waals surface area contributed by atoms with Crippen LogP contribution in [0.15, 0.2) is 36.5 Å². The Labute approximate surface area is 143 Å². The molecule has 5 nitrogen and oxygen atoms in total. The maximum atomic E-state index is 5.59. The zero-order valence-corrected chi connectivity index (χ0v) is 14.5. The molecule has 0 radical (unpaired) electrons. The van der Waals surface area contributed by atoms with E-state index < -0.39 is 0 Å². The minimum atomic E-state index is 0.459. The summed E-state index contributed by atoms with van der Waals surface area (Å²) in [6.45, 7) is 2.98. The third-order valence-corrected chi connectivity index (χ3v) is 4.56. The Balaban J connectivity index is 1.69. The molecule has 24 heavy (non-hydrogen) atoms. The molecule has 0 aliphatic carbocycles. The molecule has 3 rings (SSSR count). The van der Waals surface area contributed by atoms with Crippen LogP contribution in [-0.2, 0) is 6.54 Å². The highest BCUT2D eigenvalue weighted by Gasteiger charge is 2.27. The number of hydrogen-bond donors (Lipinski definition) is 0. The van der Waals surface area contributed by atoms with Gasteiger partial charge in [-0.15, -0.1) is 0 Å². The topological polar surface area (TPSA) is 43.8 Å². The number of likely N-dealkylation sites (tertiary alicyclic amines) is 1. The van der Waals surface area contributed by atoms with Gasteiger partial charge in [-0.3, -0.25) is 4.90 Å². The molecule has 1 atom stereocenters. The van der Waals surface area contributed by atoms with E-state index in [0.29, 0.717) is 11.8 Å². The maximum Gasteiger partial charge on any atom is 0.212 e. The van der Waals surface area contributed by atoms with Crippen LogP contribution in [-0.4, -0.2) is 44.3 Å². The zero-order valence-electron chi connectivity index (χ0n) is 14.5. The van der Waals surface area contributed by atoms with E-state index in [1.807, 2.05) is 24.4 Å². The van der Waals surface area contributed by atoms with Crippen LogP contribution in [0, 0.1) is 0 Å². The Morgan fingerprint density at radius 3 is 2.62 bits per heavy atom. The first kappa shape index (κ1) is 16.6. The van der Waals surface area contributed by atoms with Gasteiger partial charge in [0.05, 0.1) is 21.3 Å². The molecule has 0 saturated carbocycles. The van der Waals surface area contributed by atoms with E-state index in [9.17, 15) is 0 Å². The van der Waals surface area contributed by atoms with E-state index in [2.05, 4.69) is 22.0 Å². The third kappa shape index (κ3) is 3.46. The summed E-state index contributed by atoms with van der Waals surface area (Å²) < 4.78 is 16.1. The number of methoxy groups -OCH3 is 3. The molecule has 0 spiro atoms. The molecule has 1 aromatic carbocycles. The zero-order chi connectivity index (χ0) is 16.9. The van der Waals surface area contributed by atoms with Crippen LogP contribution in [0.3, 0.4) is 0 Å². The highest BCUT2D eigenvalue weighted by atomic mass is 16.5. The van der Waals surface area contributed by atoms with Gasteiger partial charge in [0, 0.05) is 36.8 Å². The fraction of sp³-hybridized carbons (Fsp3) is 0.421. The molecular formula is C19H24N2O3. The predicted octanol–water partition coefficient (Wildman–Crippen LogP) is 3.10. The SMILES string of the molecule is COc1ccc(CN2CC[C@H](c3cccc(OC)c3OC)C2)cn1. The lowest BCUT2D eigenvalue weighted by Crippen LogP contribution is -2.20. The summed E-state index contributed by atoms with van der Waals surface area (Å²) in [5.41, 5.74) is 2.43. The Morgan fingerprint density at radius 1 is 1.08 bits per heavy atom. The van der Waals surface area contributed by atoms with Gasteiger partial charge >= 0.3 is 0 Å². The van der Waals surface area contributed by atoms with Crippen LogP contribution in [0.25, 0.3) is 0 Å². The molecular weight excluding hydrogens is 304 g/mol. The van der Waals surface area contributed by atoms with E-state index in [1.165, 1.54) is 11.1 Å². The van der Waals surface area contributed by atoms with Gasteiger partial charge in [-0.25, -0.2) is 4.98 Å². The molecule has 0 amide bonds. The molecule has 0 N–H and O–H groups in total. The number of nitrogens with zero attached hydrogens (tertiary/aromatic N) is 2. The number of rotatable bonds is 6. The second-order valence-electron chi connectivity index (χ2n) is 6.01. The van der Waals surface area contributed by atoms with Gasteiger partial charge in [-0.2, -0.15) is 0 Å². The first-order valence-corrected chi connectivity index (χ1v) is 8.17. The summed E-state index contributed by atoms with van der Waals surface area (Å²) in [5, 5.41) is 0.